The number of hydrogen-bond acceptors (Lipinski definition) is 5. The molecule has 1 aromatic carbocycles. The number of esters is 1. The van der Waals surface area contributed by atoms with Crippen molar-refractivity contribution >= 4 is 29.4 Å². The Hall–Kier alpha value is -1.69. The zero-order valence-electron chi connectivity index (χ0n) is 11.1. The number of carbonyl (C=O) groups excluding carboxylic acids is 1. The average Bonchev–Trinajstić information content (AvgIpc) is 3.04. The molecule has 0 radical (unpaired) electrons. The van der Waals surface area contributed by atoms with Crippen LogP contribution in [0.3, 0.4) is 0 Å². The van der Waals surface area contributed by atoms with E-state index in [0.717, 1.165) is 11.3 Å². The van der Waals surface area contributed by atoms with Gasteiger partial charge in [-0.2, -0.15) is 0 Å². The molecule has 2 saturated carbocycles. The summed E-state index contributed by atoms with van der Waals surface area (Å²) in [6, 6.07) is 7.51. The first-order valence-electron chi connectivity index (χ1n) is 7.02. The van der Waals surface area contributed by atoms with E-state index in [1.165, 1.54) is 0 Å². The standard InChI is InChI=1S/C15H15NO4S/c16-6-1-3-7(4-2-6)21-13-9-5-8-11(10(9)14(17)18)15(19)20-12(8)13/h1-4,8-13H,5,16H2,(H,17,18)/t8-,9+,10-,11-,12+,13-/m1/s1. The SMILES string of the molecule is Nc1ccc(S[C@@H]2[C@H]3C[C@H]4[C@@H]2OC(=O)[C@H]4[C@@H]3C(=O)O)cc1. The monoisotopic (exact) mass is 305 g/mol. The molecule has 1 heterocycles. The number of carboxylic acid groups (broad SMARTS) is 1. The van der Waals surface area contributed by atoms with Crippen molar-refractivity contribution in [1.82, 2.24) is 0 Å². The number of nitrogen functional groups attached to an aromatic ring is 1. The van der Waals surface area contributed by atoms with Crippen molar-refractivity contribution in [3.05, 3.63) is 24.3 Å². The molecule has 3 fully saturated rings. The molecule has 6 atom stereocenters. The third-order valence-electron chi connectivity index (χ3n) is 4.98. The van der Waals surface area contributed by atoms with Crippen LogP contribution in [0, 0.1) is 23.7 Å². The number of carbonyl (C=O) groups is 2. The molecule has 1 aliphatic heterocycles. The summed E-state index contributed by atoms with van der Waals surface area (Å²) >= 11 is 1.61. The van der Waals surface area contributed by atoms with E-state index in [1.807, 2.05) is 24.3 Å². The van der Waals surface area contributed by atoms with Crippen molar-refractivity contribution in [2.24, 2.45) is 23.7 Å². The number of thioether (sulfide) groups is 1. The number of carboxylic acids is 1. The minimum atomic E-state index is -0.868. The highest BCUT2D eigenvalue weighted by atomic mass is 32.2. The zero-order chi connectivity index (χ0) is 14.7. The van der Waals surface area contributed by atoms with Crippen molar-refractivity contribution in [2.45, 2.75) is 22.7 Å². The summed E-state index contributed by atoms with van der Waals surface area (Å²) < 4.78 is 5.48. The van der Waals surface area contributed by atoms with Crippen LogP contribution in [-0.4, -0.2) is 28.4 Å². The molecule has 0 amide bonds. The maximum Gasteiger partial charge on any atom is 0.310 e. The first-order chi connectivity index (χ1) is 10.1. The van der Waals surface area contributed by atoms with Gasteiger partial charge in [0.1, 0.15) is 6.10 Å². The molecular formula is C15H15NO4S. The molecule has 0 unspecified atom stereocenters. The Morgan fingerprint density at radius 1 is 1.29 bits per heavy atom. The van der Waals surface area contributed by atoms with E-state index in [4.69, 9.17) is 10.5 Å². The predicted molar refractivity (Wildman–Crippen MR) is 76.6 cm³/mol. The van der Waals surface area contributed by atoms with Crippen LogP contribution in [0.25, 0.3) is 0 Å². The Labute approximate surface area is 125 Å². The Morgan fingerprint density at radius 2 is 2.00 bits per heavy atom. The minimum absolute atomic E-state index is 0.0107. The van der Waals surface area contributed by atoms with Crippen LogP contribution in [0.5, 0.6) is 0 Å². The second-order valence-corrected chi connectivity index (χ2v) is 7.26. The lowest BCUT2D eigenvalue weighted by Crippen LogP contribution is -2.39. The molecule has 0 spiro atoms. The van der Waals surface area contributed by atoms with E-state index < -0.39 is 17.8 Å². The zero-order valence-corrected chi connectivity index (χ0v) is 12.0. The van der Waals surface area contributed by atoms with E-state index >= 15 is 0 Å². The van der Waals surface area contributed by atoms with Gasteiger partial charge in [-0.15, -0.1) is 11.8 Å². The molecule has 6 heteroatoms. The summed E-state index contributed by atoms with van der Waals surface area (Å²) in [6.07, 6.45) is 0.649. The van der Waals surface area contributed by atoms with Gasteiger partial charge in [0.2, 0.25) is 0 Å². The summed E-state index contributed by atoms with van der Waals surface area (Å²) in [5, 5.41) is 9.49. The number of nitrogens with two attached hydrogens (primary N) is 1. The predicted octanol–water partition coefficient (Wildman–Crippen LogP) is 1.62. The highest BCUT2D eigenvalue weighted by Gasteiger charge is 2.68. The van der Waals surface area contributed by atoms with Crippen LogP contribution in [0.1, 0.15) is 6.42 Å². The fourth-order valence-electron chi connectivity index (χ4n) is 4.19. The average molecular weight is 305 g/mol. The Bertz CT molecular complexity index is 617. The molecule has 110 valence electrons. The first-order valence-corrected chi connectivity index (χ1v) is 7.90. The first kappa shape index (κ1) is 13.0. The fourth-order valence-corrected chi connectivity index (χ4v) is 5.64. The van der Waals surface area contributed by atoms with Crippen LogP contribution in [0.15, 0.2) is 29.2 Å². The van der Waals surface area contributed by atoms with Crippen LogP contribution in [-0.2, 0) is 14.3 Å². The fraction of sp³-hybridized carbons (Fsp3) is 0.467. The molecule has 4 rings (SSSR count). The van der Waals surface area contributed by atoms with E-state index in [-0.39, 0.29) is 29.2 Å². The van der Waals surface area contributed by atoms with Gasteiger partial charge < -0.3 is 15.6 Å². The summed E-state index contributed by atoms with van der Waals surface area (Å²) in [7, 11) is 0. The van der Waals surface area contributed by atoms with Crippen molar-refractivity contribution in [1.29, 1.82) is 0 Å². The van der Waals surface area contributed by atoms with Gasteiger partial charge in [0.25, 0.3) is 0 Å². The van der Waals surface area contributed by atoms with Crippen molar-refractivity contribution < 1.29 is 19.4 Å². The lowest BCUT2D eigenvalue weighted by molar-refractivity contribution is -0.151. The van der Waals surface area contributed by atoms with Crippen molar-refractivity contribution in [3.63, 3.8) is 0 Å². The molecule has 2 aliphatic carbocycles. The lowest BCUT2D eigenvalue weighted by Gasteiger charge is -2.29. The number of rotatable bonds is 3. The van der Waals surface area contributed by atoms with E-state index in [2.05, 4.69) is 0 Å². The smallest absolute Gasteiger partial charge is 0.310 e. The van der Waals surface area contributed by atoms with E-state index in [0.29, 0.717) is 5.69 Å². The Morgan fingerprint density at radius 3 is 2.67 bits per heavy atom. The highest BCUT2D eigenvalue weighted by Crippen LogP contribution is 2.61. The second-order valence-electron chi connectivity index (χ2n) is 6.01. The molecular weight excluding hydrogens is 290 g/mol. The summed E-state index contributed by atoms with van der Waals surface area (Å²) in [6.45, 7) is 0. The van der Waals surface area contributed by atoms with E-state index in [9.17, 15) is 14.7 Å². The summed E-state index contributed by atoms with van der Waals surface area (Å²) in [5.41, 5.74) is 6.38. The third-order valence-corrected chi connectivity index (χ3v) is 6.42. The maximum atomic E-state index is 11.9. The molecule has 0 aromatic heterocycles. The Kier molecular flexibility index (Phi) is 2.73. The molecule has 2 bridgehead atoms. The molecule has 3 aliphatic rings. The molecule has 3 N–H and O–H groups in total. The van der Waals surface area contributed by atoms with Gasteiger partial charge in [-0.05, 0) is 36.6 Å². The number of fused-ring (bicyclic) bond motifs is 1. The number of benzene rings is 1. The van der Waals surface area contributed by atoms with Crippen LogP contribution in [0.2, 0.25) is 0 Å². The van der Waals surface area contributed by atoms with Gasteiger partial charge in [-0.1, -0.05) is 0 Å². The van der Waals surface area contributed by atoms with Gasteiger partial charge >= 0.3 is 11.9 Å². The van der Waals surface area contributed by atoms with Gasteiger partial charge in [-0.25, -0.2) is 0 Å². The van der Waals surface area contributed by atoms with Gasteiger partial charge in [0.15, 0.2) is 0 Å². The topological polar surface area (TPSA) is 89.6 Å². The minimum Gasteiger partial charge on any atom is -0.481 e. The van der Waals surface area contributed by atoms with Crippen molar-refractivity contribution in [3.8, 4) is 0 Å². The number of anilines is 1. The van der Waals surface area contributed by atoms with Crippen molar-refractivity contribution in [2.75, 3.05) is 5.73 Å². The largest absolute Gasteiger partial charge is 0.481 e. The second kappa shape index (κ2) is 4.40. The third kappa shape index (κ3) is 1.78. The maximum absolute atomic E-state index is 11.9. The van der Waals surface area contributed by atoms with Crippen LogP contribution >= 0.6 is 11.8 Å². The van der Waals surface area contributed by atoms with Crippen LogP contribution < -0.4 is 5.73 Å². The number of hydrogen-bond donors (Lipinski definition) is 2. The number of aliphatic carboxylic acids is 1. The van der Waals surface area contributed by atoms with Gasteiger partial charge in [0.05, 0.1) is 17.1 Å². The summed E-state index contributed by atoms with van der Waals surface area (Å²) in [4.78, 5) is 24.5. The quantitative estimate of drug-likeness (QED) is 0.651. The molecule has 21 heavy (non-hydrogen) atoms. The highest BCUT2D eigenvalue weighted by molar-refractivity contribution is 8.00. The van der Waals surface area contributed by atoms with Gasteiger partial charge in [0, 0.05) is 16.5 Å². The Balaban J connectivity index is 1.63. The van der Waals surface area contributed by atoms with Gasteiger partial charge in [-0.3, -0.25) is 9.59 Å². The number of ether oxygens (including phenoxy) is 1. The van der Waals surface area contributed by atoms with E-state index in [1.54, 1.807) is 11.8 Å². The lowest BCUT2D eigenvalue weighted by atomic mass is 9.80. The normalized spacial score (nSPS) is 39.5. The molecule has 1 saturated heterocycles. The molecule has 1 aromatic rings. The molecule has 5 nitrogen and oxygen atoms in total. The summed E-state index contributed by atoms with van der Waals surface area (Å²) in [5.74, 6) is -2.12. The van der Waals surface area contributed by atoms with Crippen LogP contribution in [0.4, 0.5) is 5.69 Å².